The Kier molecular flexibility index (Phi) is 4.81. The Morgan fingerprint density at radius 1 is 0.889 bits per heavy atom. The molecule has 0 bridgehead atoms. The summed E-state index contributed by atoms with van der Waals surface area (Å²) in [4.78, 5) is 2.45. The van der Waals surface area contributed by atoms with Gasteiger partial charge < -0.3 is 4.90 Å². The van der Waals surface area contributed by atoms with E-state index in [1.54, 1.807) is 24.3 Å². The third-order valence-corrected chi connectivity index (χ3v) is 6.34. The van der Waals surface area contributed by atoms with Gasteiger partial charge in [0.25, 0.3) is 10.0 Å². The molecule has 6 heteroatoms. The van der Waals surface area contributed by atoms with Gasteiger partial charge in [-0.3, -0.25) is 4.72 Å². The van der Waals surface area contributed by atoms with Crippen LogP contribution in [0.2, 0.25) is 5.02 Å². The molecule has 0 saturated heterocycles. The van der Waals surface area contributed by atoms with Crippen molar-refractivity contribution < 1.29 is 8.42 Å². The average molecular weight is 399 g/mol. The Balaban J connectivity index is 1.50. The molecule has 27 heavy (non-hydrogen) atoms. The molecule has 4 nitrogen and oxygen atoms in total. The molecule has 138 valence electrons. The summed E-state index contributed by atoms with van der Waals surface area (Å²) < 4.78 is 27.6. The number of hydrogen-bond donors (Lipinski definition) is 1. The van der Waals surface area contributed by atoms with E-state index in [4.69, 9.17) is 11.6 Å². The van der Waals surface area contributed by atoms with E-state index in [0.29, 0.717) is 10.7 Å². The maximum absolute atomic E-state index is 12.5. The second-order valence-electron chi connectivity index (χ2n) is 6.55. The predicted octanol–water partition coefficient (Wildman–Crippen LogP) is 4.70. The van der Waals surface area contributed by atoms with Gasteiger partial charge in [0.2, 0.25) is 0 Å². The Hall–Kier alpha value is -2.50. The van der Waals surface area contributed by atoms with E-state index in [9.17, 15) is 8.42 Å². The van der Waals surface area contributed by atoms with Crippen LogP contribution in [-0.4, -0.2) is 15.0 Å². The standard InChI is InChI=1S/C21H19ClN2O2S/c22-18-6-3-7-21(14-18)27(25,26)23-19-8-10-20(11-9-19)24-13-12-16-4-1-2-5-17(16)15-24/h1-11,14,23H,12-13,15H2. The van der Waals surface area contributed by atoms with E-state index < -0.39 is 10.0 Å². The first kappa shape index (κ1) is 17.9. The molecule has 1 heterocycles. The number of nitrogens with zero attached hydrogens (tertiary/aromatic N) is 1. The van der Waals surface area contributed by atoms with Crippen LogP contribution in [0.3, 0.4) is 0 Å². The van der Waals surface area contributed by atoms with Gasteiger partial charge in [0, 0.05) is 29.5 Å². The van der Waals surface area contributed by atoms with Gasteiger partial charge >= 0.3 is 0 Å². The molecule has 0 atom stereocenters. The van der Waals surface area contributed by atoms with Crippen LogP contribution in [0, 0.1) is 0 Å². The van der Waals surface area contributed by atoms with Gasteiger partial charge in [-0.25, -0.2) is 8.42 Å². The Bertz CT molecular complexity index is 1070. The van der Waals surface area contributed by atoms with Crippen LogP contribution >= 0.6 is 11.6 Å². The molecule has 0 saturated carbocycles. The lowest BCUT2D eigenvalue weighted by molar-refractivity contribution is 0.601. The number of hydrogen-bond acceptors (Lipinski definition) is 3. The van der Waals surface area contributed by atoms with E-state index in [1.807, 2.05) is 12.1 Å². The van der Waals surface area contributed by atoms with Crippen LogP contribution in [-0.2, 0) is 23.0 Å². The molecule has 0 fully saturated rings. The molecule has 3 aromatic carbocycles. The van der Waals surface area contributed by atoms with E-state index in [2.05, 4.69) is 33.9 Å². The molecule has 0 amide bonds. The zero-order chi connectivity index (χ0) is 18.9. The van der Waals surface area contributed by atoms with Gasteiger partial charge in [-0.05, 0) is 60.0 Å². The first-order chi connectivity index (χ1) is 13.0. The largest absolute Gasteiger partial charge is 0.367 e. The van der Waals surface area contributed by atoms with Crippen molar-refractivity contribution in [2.24, 2.45) is 0 Å². The smallest absolute Gasteiger partial charge is 0.261 e. The van der Waals surface area contributed by atoms with Gasteiger partial charge in [0.1, 0.15) is 0 Å². The maximum atomic E-state index is 12.5. The highest BCUT2D eigenvalue weighted by atomic mass is 35.5. The monoisotopic (exact) mass is 398 g/mol. The molecule has 0 aromatic heterocycles. The van der Waals surface area contributed by atoms with Crippen molar-refractivity contribution in [3.63, 3.8) is 0 Å². The average Bonchev–Trinajstić information content (AvgIpc) is 2.68. The minimum Gasteiger partial charge on any atom is -0.367 e. The fourth-order valence-electron chi connectivity index (χ4n) is 3.30. The lowest BCUT2D eigenvalue weighted by atomic mass is 9.99. The summed E-state index contributed by atoms with van der Waals surface area (Å²) in [6.45, 7) is 1.81. The first-order valence-electron chi connectivity index (χ1n) is 8.71. The summed E-state index contributed by atoms with van der Waals surface area (Å²) in [6, 6.07) is 22.2. The van der Waals surface area contributed by atoms with Gasteiger partial charge in [-0.2, -0.15) is 0 Å². The van der Waals surface area contributed by atoms with Gasteiger partial charge in [-0.1, -0.05) is 41.9 Å². The highest BCUT2D eigenvalue weighted by Gasteiger charge is 2.17. The van der Waals surface area contributed by atoms with Gasteiger partial charge in [-0.15, -0.1) is 0 Å². The topological polar surface area (TPSA) is 49.4 Å². The van der Waals surface area contributed by atoms with Crippen LogP contribution in [0.4, 0.5) is 11.4 Å². The van der Waals surface area contributed by atoms with Crippen LogP contribution in [0.25, 0.3) is 0 Å². The number of rotatable bonds is 4. The van der Waals surface area contributed by atoms with Crippen molar-refractivity contribution in [3.8, 4) is 0 Å². The number of anilines is 2. The Morgan fingerprint density at radius 2 is 1.63 bits per heavy atom. The summed E-state index contributed by atoms with van der Waals surface area (Å²) in [6.07, 6.45) is 1.01. The first-order valence-corrected chi connectivity index (χ1v) is 10.6. The Morgan fingerprint density at radius 3 is 2.37 bits per heavy atom. The predicted molar refractivity (Wildman–Crippen MR) is 110 cm³/mol. The third-order valence-electron chi connectivity index (χ3n) is 4.72. The van der Waals surface area contributed by atoms with Crippen molar-refractivity contribution in [3.05, 3.63) is 88.9 Å². The lowest BCUT2D eigenvalue weighted by Crippen LogP contribution is -2.30. The summed E-state index contributed by atoms with van der Waals surface area (Å²) in [7, 11) is -3.66. The van der Waals surface area contributed by atoms with E-state index >= 15 is 0 Å². The fourth-order valence-corrected chi connectivity index (χ4v) is 4.66. The number of benzene rings is 3. The van der Waals surface area contributed by atoms with Gasteiger partial charge in [0.05, 0.1) is 4.90 Å². The number of fused-ring (bicyclic) bond motifs is 1. The van der Waals surface area contributed by atoms with Crippen molar-refractivity contribution in [2.45, 2.75) is 17.9 Å². The second-order valence-corrected chi connectivity index (χ2v) is 8.67. The zero-order valence-electron chi connectivity index (χ0n) is 14.6. The molecular formula is C21H19ClN2O2S. The third kappa shape index (κ3) is 3.94. The van der Waals surface area contributed by atoms with Crippen molar-refractivity contribution >= 4 is 33.0 Å². The minimum atomic E-state index is -3.66. The molecule has 0 radical (unpaired) electrons. The van der Waals surface area contributed by atoms with Crippen molar-refractivity contribution in [1.82, 2.24) is 0 Å². The SMILES string of the molecule is O=S(=O)(Nc1ccc(N2CCc3ccccc3C2)cc1)c1cccc(Cl)c1. The van der Waals surface area contributed by atoms with E-state index in [-0.39, 0.29) is 4.90 Å². The molecule has 0 spiro atoms. The molecule has 3 aromatic rings. The van der Waals surface area contributed by atoms with Crippen LogP contribution in [0.1, 0.15) is 11.1 Å². The van der Waals surface area contributed by atoms with Crippen molar-refractivity contribution in [1.29, 1.82) is 0 Å². The van der Waals surface area contributed by atoms with Gasteiger partial charge in [0.15, 0.2) is 0 Å². The lowest BCUT2D eigenvalue weighted by Gasteiger charge is -2.30. The highest BCUT2D eigenvalue weighted by molar-refractivity contribution is 7.92. The number of sulfonamides is 1. The van der Waals surface area contributed by atoms with E-state index in [0.717, 1.165) is 25.2 Å². The molecule has 1 N–H and O–H groups in total. The second kappa shape index (κ2) is 7.25. The Labute approximate surface area is 164 Å². The molecule has 4 rings (SSSR count). The summed E-state index contributed by atoms with van der Waals surface area (Å²) in [5.41, 5.74) is 4.35. The molecule has 1 aliphatic rings. The highest BCUT2D eigenvalue weighted by Crippen LogP contribution is 2.26. The number of nitrogens with one attached hydrogen (secondary N) is 1. The number of halogens is 1. The summed E-state index contributed by atoms with van der Waals surface area (Å²) >= 11 is 5.90. The van der Waals surface area contributed by atoms with Crippen LogP contribution in [0.15, 0.2) is 77.7 Å². The quantitative estimate of drug-likeness (QED) is 0.692. The molecule has 0 unspecified atom stereocenters. The van der Waals surface area contributed by atoms with Crippen LogP contribution < -0.4 is 9.62 Å². The molecule has 1 aliphatic heterocycles. The molecular weight excluding hydrogens is 380 g/mol. The zero-order valence-corrected chi connectivity index (χ0v) is 16.2. The summed E-state index contributed by atoms with van der Waals surface area (Å²) in [5, 5.41) is 0.388. The van der Waals surface area contributed by atoms with Crippen LogP contribution in [0.5, 0.6) is 0 Å². The normalized spacial score (nSPS) is 13.9. The fraction of sp³-hybridized carbons (Fsp3) is 0.143. The minimum absolute atomic E-state index is 0.145. The van der Waals surface area contributed by atoms with Crippen molar-refractivity contribution in [2.75, 3.05) is 16.2 Å². The molecule has 0 aliphatic carbocycles. The van der Waals surface area contributed by atoms with E-state index in [1.165, 1.54) is 23.3 Å². The summed E-state index contributed by atoms with van der Waals surface area (Å²) in [5.74, 6) is 0. The maximum Gasteiger partial charge on any atom is 0.261 e.